The van der Waals surface area contributed by atoms with Crippen molar-refractivity contribution in [1.29, 1.82) is 0 Å². The summed E-state index contributed by atoms with van der Waals surface area (Å²) >= 11 is 0. The predicted molar refractivity (Wildman–Crippen MR) is 81.7 cm³/mol. The van der Waals surface area contributed by atoms with Gasteiger partial charge in [0.25, 0.3) is 0 Å². The average Bonchev–Trinajstić information content (AvgIpc) is 2.38. The Morgan fingerprint density at radius 2 is 2.11 bits per heavy atom. The third kappa shape index (κ3) is 3.14. The van der Waals surface area contributed by atoms with E-state index in [0.717, 1.165) is 30.1 Å². The zero-order valence-electron chi connectivity index (χ0n) is 12.2. The molecule has 1 aliphatic rings. The first-order valence-electron chi connectivity index (χ1n) is 7.46. The van der Waals surface area contributed by atoms with Crippen molar-refractivity contribution in [3.63, 3.8) is 0 Å². The van der Waals surface area contributed by atoms with Gasteiger partial charge in [-0.25, -0.2) is 0 Å². The molecule has 106 valence electrons. The highest BCUT2D eigenvalue weighted by Crippen LogP contribution is 2.44. The van der Waals surface area contributed by atoms with Crippen LogP contribution in [0.1, 0.15) is 46.0 Å². The van der Waals surface area contributed by atoms with Crippen LogP contribution in [-0.2, 0) is 0 Å². The molecular weight excluding hydrogens is 236 g/mol. The molecule has 0 saturated heterocycles. The Hall–Kier alpha value is -1.38. The minimum absolute atomic E-state index is 0.493. The fourth-order valence-electron chi connectivity index (χ4n) is 2.65. The summed E-state index contributed by atoms with van der Waals surface area (Å²) in [7, 11) is 0. The van der Waals surface area contributed by atoms with Gasteiger partial charge in [0.2, 0.25) is 0 Å². The molecule has 1 aliphatic carbocycles. The number of benzene rings is 1. The van der Waals surface area contributed by atoms with Gasteiger partial charge in [0, 0.05) is 6.54 Å². The molecular formula is C16H26N2O. The van der Waals surface area contributed by atoms with Gasteiger partial charge in [-0.15, -0.1) is 0 Å². The highest BCUT2D eigenvalue weighted by molar-refractivity contribution is 5.73. The number of nitrogens with one attached hydrogen (secondary N) is 1. The Morgan fingerprint density at radius 3 is 2.68 bits per heavy atom. The van der Waals surface area contributed by atoms with Gasteiger partial charge in [0.1, 0.15) is 5.75 Å². The van der Waals surface area contributed by atoms with Crippen LogP contribution < -0.4 is 15.8 Å². The van der Waals surface area contributed by atoms with E-state index in [1.54, 1.807) is 0 Å². The van der Waals surface area contributed by atoms with Crippen LogP contribution in [0.3, 0.4) is 0 Å². The maximum atomic E-state index is 6.17. The summed E-state index contributed by atoms with van der Waals surface area (Å²) in [6, 6.07) is 5.98. The number of anilines is 2. The van der Waals surface area contributed by atoms with Crippen molar-refractivity contribution in [1.82, 2.24) is 0 Å². The van der Waals surface area contributed by atoms with Crippen molar-refractivity contribution in [3.05, 3.63) is 18.2 Å². The molecule has 1 saturated carbocycles. The second-order valence-corrected chi connectivity index (χ2v) is 5.63. The third-order valence-electron chi connectivity index (χ3n) is 4.35. The zero-order valence-corrected chi connectivity index (χ0v) is 12.2. The van der Waals surface area contributed by atoms with Gasteiger partial charge in [-0.3, -0.25) is 0 Å². The lowest BCUT2D eigenvalue weighted by atomic mass is 9.67. The van der Waals surface area contributed by atoms with Crippen molar-refractivity contribution in [2.45, 2.75) is 46.0 Å². The van der Waals surface area contributed by atoms with Crippen LogP contribution in [0.2, 0.25) is 0 Å². The second kappa shape index (κ2) is 6.18. The van der Waals surface area contributed by atoms with Crippen molar-refractivity contribution < 1.29 is 4.74 Å². The average molecular weight is 262 g/mol. The van der Waals surface area contributed by atoms with Crippen molar-refractivity contribution in [3.8, 4) is 5.75 Å². The standard InChI is InChI=1S/C16H26N2O/c1-3-11-19-14-8-5-7-13(15(14)17)18-12-16(4-2)9-6-10-16/h5,7-8,18H,3-4,6,9-12,17H2,1-2H3. The molecule has 0 amide bonds. The first-order valence-corrected chi connectivity index (χ1v) is 7.46. The monoisotopic (exact) mass is 262 g/mol. The van der Waals surface area contributed by atoms with E-state index in [9.17, 15) is 0 Å². The molecule has 2 rings (SSSR count). The van der Waals surface area contributed by atoms with Gasteiger partial charge in [-0.05, 0) is 43.2 Å². The summed E-state index contributed by atoms with van der Waals surface area (Å²) in [6.45, 7) is 6.11. The number of hydrogen-bond donors (Lipinski definition) is 2. The summed E-state index contributed by atoms with van der Waals surface area (Å²) in [5.74, 6) is 0.797. The molecule has 19 heavy (non-hydrogen) atoms. The summed E-state index contributed by atoms with van der Waals surface area (Å²) < 4.78 is 5.66. The number of nitrogens with two attached hydrogens (primary N) is 1. The van der Waals surface area contributed by atoms with Crippen LogP contribution in [0, 0.1) is 5.41 Å². The Morgan fingerprint density at radius 1 is 1.32 bits per heavy atom. The van der Waals surface area contributed by atoms with Gasteiger partial charge in [0.05, 0.1) is 18.0 Å². The number of para-hydroxylation sites is 1. The van der Waals surface area contributed by atoms with Crippen molar-refractivity contribution in [2.24, 2.45) is 5.41 Å². The molecule has 1 fully saturated rings. The molecule has 1 aromatic rings. The van der Waals surface area contributed by atoms with Gasteiger partial charge >= 0.3 is 0 Å². The van der Waals surface area contributed by atoms with Crippen LogP contribution in [0.15, 0.2) is 18.2 Å². The predicted octanol–water partition coefficient (Wildman–Crippen LogP) is 4.05. The molecule has 0 bridgehead atoms. The quantitative estimate of drug-likeness (QED) is 0.729. The topological polar surface area (TPSA) is 47.3 Å². The molecule has 0 atom stereocenters. The fourth-order valence-corrected chi connectivity index (χ4v) is 2.65. The minimum Gasteiger partial charge on any atom is -0.491 e. The Balaban J connectivity index is 1.99. The number of nitrogen functional groups attached to an aromatic ring is 1. The highest BCUT2D eigenvalue weighted by Gasteiger charge is 2.34. The lowest BCUT2D eigenvalue weighted by Gasteiger charge is -2.41. The molecule has 3 nitrogen and oxygen atoms in total. The van der Waals surface area contributed by atoms with Crippen LogP contribution >= 0.6 is 0 Å². The van der Waals surface area contributed by atoms with Gasteiger partial charge in [-0.2, -0.15) is 0 Å². The first kappa shape index (κ1) is 14.0. The van der Waals surface area contributed by atoms with Gasteiger partial charge in [-0.1, -0.05) is 26.3 Å². The SMILES string of the molecule is CCCOc1cccc(NCC2(CC)CCC2)c1N. The number of ether oxygens (including phenoxy) is 1. The maximum absolute atomic E-state index is 6.17. The van der Waals surface area contributed by atoms with Crippen LogP contribution in [-0.4, -0.2) is 13.2 Å². The Bertz CT molecular complexity index is 408. The Labute approximate surface area is 116 Å². The summed E-state index contributed by atoms with van der Waals surface area (Å²) in [5.41, 5.74) is 8.40. The molecule has 0 radical (unpaired) electrons. The van der Waals surface area contributed by atoms with E-state index in [-0.39, 0.29) is 0 Å². The first-order chi connectivity index (χ1) is 9.21. The van der Waals surface area contributed by atoms with Crippen LogP contribution in [0.25, 0.3) is 0 Å². The van der Waals surface area contributed by atoms with Crippen LogP contribution in [0.4, 0.5) is 11.4 Å². The van der Waals surface area contributed by atoms with Crippen molar-refractivity contribution >= 4 is 11.4 Å². The second-order valence-electron chi connectivity index (χ2n) is 5.63. The summed E-state index contributed by atoms with van der Waals surface area (Å²) in [5, 5.41) is 3.52. The molecule has 1 aromatic carbocycles. The largest absolute Gasteiger partial charge is 0.491 e. The minimum atomic E-state index is 0.493. The molecule has 0 unspecified atom stereocenters. The molecule has 0 heterocycles. The maximum Gasteiger partial charge on any atom is 0.144 e. The molecule has 0 aromatic heterocycles. The van der Waals surface area contributed by atoms with E-state index in [0.29, 0.717) is 12.0 Å². The normalized spacial score (nSPS) is 16.7. The van der Waals surface area contributed by atoms with E-state index in [1.807, 2.05) is 18.2 Å². The van der Waals surface area contributed by atoms with E-state index >= 15 is 0 Å². The fraction of sp³-hybridized carbons (Fsp3) is 0.625. The van der Waals surface area contributed by atoms with E-state index in [1.165, 1.54) is 25.7 Å². The highest BCUT2D eigenvalue weighted by atomic mass is 16.5. The lowest BCUT2D eigenvalue weighted by Crippen LogP contribution is -2.36. The Kier molecular flexibility index (Phi) is 4.56. The van der Waals surface area contributed by atoms with Gasteiger partial charge < -0.3 is 15.8 Å². The summed E-state index contributed by atoms with van der Waals surface area (Å²) in [6.07, 6.45) is 6.28. The van der Waals surface area contributed by atoms with Crippen molar-refractivity contribution in [2.75, 3.05) is 24.2 Å². The number of rotatable bonds is 7. The van der Waals surface area contributed by atoms with Gasteiger partial charge in [0.15, 0.2) is 0 Å². The van der Waals surface area contributed by atoms with E-state index < -0.39 is 0 Å². The number of hydrogen-bond acceptors (Lipinski definition) is 3. The molecule has 3 N–H and O–H groups in total. The zero-order chi connectivity index (χ0) is 13.7. The smallest absolute Gasteiger partial charge is 0.144 e. The molecule has 0 aliphatic heterocycles. The molecule has 0 spiro atoms. The summed E-state index contributed by atoms with van der Waals surface area (Å²) in [4.78, 5) is 0. The van der Waals surface area contributed by atoms with E-state index in [2.05, 4.69) is 19.2 Å². The lowest BCUT2D eigenvalue weighted by molar-refractivity contribution is 0.145. The third-order valence-corrected chi connectivity index (χ3v) is 4.35. The molecule has 3 heteroatoms. The van der Waals surface area contributed by atoms with E-state index in [4.69, 9.17) is 10.5 Å². The van der Waals surface area contributed by atoms with Crippen LogP contribution in [0.5, 0.6) is 5.75 Å².